The molecule has 0 saturated carbocycles. The molecule has 2 aromatic rings. The van der Waals surface area contributed by atoms with Crippen molar-refractivity contribution in [2.24, 2.45) is 0 Å². The predicted octanol–water partition coefficient (Wildman–Crippen LogP) is 4.32. The molecule has 1 N–H and O–H groups in total. The van der Waals surface area contributed by atoms with Gasteiger partial charge in [0.05, 0.1) is 6.10 Å². The minimum atomic E-state index is -0.736. The number of ether oxygens (including phenoxy) is 1. The molecule has 0 aromatic heterocycles. The first-order valence-corrected chi connectivity index (χ1v) is 8.22. The van der Waals surface area contributed by atoms with Gasteiger partial charge >= 0.3 is 5.97 Å². The summed E-state index contributed by atoms with van der Waals surface area (Å²) in [7, 11) is 0. The van der Waals surface area contributed by atoms with Gasteiger partial charge in [-0.05, 0) is 24.1 Å². The molecular formula is C20H24O3. The van der Waals surface area contributed by atoms with Gasteiger partial charge in [0, 0.05) is 0 Å². The van der Waals surface area contributed by atoms with Crippen LogP contribution in [0.2, 0.25) is 0 Å². The maximum atomic E-state index is 12.6. The molecule has 0 saturated heterocycles. The number of esters is 1. The summed E-state index contributed by atoms with van der Waals surface area (Å²) in [5, 5.41) is 10.5. The first kappa shape index (κ1) is 17.2. The molecule has 0 aliphatic rings. The molecule has 0 amide bonds. The van der Waals surface area contributed by atoms with E-state index < -0.39 is 18.0 Å². The third-order valence-corrected chi connectivity index (χ3v) is 3.86. The van der Waals surface area contributed by atoms with Crippen LogP contribution in [0, 0.1) is 0 Å². The van der Waals surface area contributed by atoms with Crippen LogP contribution in [0.5, 0.6) is 5.75 Å². The van der Waals surface area contributed by atoms with E-state index in [1.807, 2.05) is 48.5 Å². The highest BCUT2D eigenvalue weighted by Crippen LogP contribution is 2.26. The first-order chi connectivity index (χ1) is 11.2. The molecule has 2 unspecified atom stereocenters. The summed E-state index contributed by atoms with van der Waals surface area (Å²) < 4.78 is 5.46. The third-order valence-electron chi connectivity index (χ3n) is 3.86. The van der Waals surface area contributed by atoms with Crippen LogP contribution in [0.15, 0.2) is 60.7 Å². The number of carbonyl (C=O) groups excluding carboxylic acids is 1. The van der Waals surface area contributed by atoms with Crippen molar-refractivity contribution in [2.45, 2.75) is 44.6 Å². The summed E-state index contributed by atoms with van der Waals surface area (Å²) in [5.41, 5.74) is 0.789. The van der Waals surface area contributed by atoms with Gasteiger partial charge in [0.15, 0.2) is 0 Å². The van der Waals surface area contributed by atoms with Gasteiger partial charge in [-0.25, -0.2) is 0 Å². The molecule has 0 aliphatic carbocycles. The Labute approximate surface area is 137 Å². The second-order valence-electron chi connectivity index (χ2n) is 5.69. The van der Waals surface area contributed by atoms with E-state index in [-0.39, 0.29) is 0 Å². The van der Waals surface area contributed by atoms with Gasteiger partial charge < -0.3 is 9.84 Å². The Bertz CT molecular complexity index is 580. The molecule has 0 heterocycles. The normalized spacial score (nSPS) is 13.3. The molecule has 2 aromatic carbocycles. The minimum Gasteiger partial charge on any atom is -0.426 e. The fraction of sp³-hybridized carbons (Fsp3) is 0.350. The molecule has 0 radical (unpaired) electrons. The molecule has 2 rings (SSSR count). The van der Waals surface area contributed by atoms with E-state index in [2.05, 4.69) is 6.92 Å². The lowest BCUT2D eigenvalue weighted by Crippen LogP contribution is -2.29. The highest BCUT2D eigenvalue weighted by atomic mass is 16.5. The lowest BCUT2D eigenvalue weighted by Gasteiger charge is -2.22. The van der Waals surface area contributed by atoms with Gasteiger partial charge in [-0.1, -0.05) is 74.7 Å². The molecule has 23 heavy (non-hydrogen) atoms. The van der Waals surface area contributed by atoms with Crippen LogP contribution in [-0.4, -0.2) is 17.2 Å². The second kappa shape index (κ2) is 9.11. The fourth-order valence-electron chi connectivity index (χ4n) is 2.61. The van der Waals surface area contributed by atoms with Crippen molar-refractivity contribution in [3.8, 4) is 5.75 Å². The van der Waals surface area contributed by atoms with E-state index in [1.165, 1.54) is 0 Å². The van der Waals surface area contributed by atoms with E-state index in [0.717, 1.165) is 24.8 Å². The predicted molar refractivity (Wildman–Crippen MR) is 91.4 cm³/mol. The molecule has 122 valence electrons. The Morgan fingerprint density at radius 1 is 1.00 bits per heavy atom. The van der Waals surface area contributed by atoms with Crippen molar-refractivity contribution in [1.29, 1.82) is 0 Å². The van der Waals surface area contributed by atoms with Crippen molar-refractivity contribution in [2.75, 3.05) is 0 Å². The summed E-state index contributed by atoms with van der Waals surface area (Å²) in [6.07, 6.45) is 2.89. The number of rotatable bonds is 8. The van der Waals surface area contributed by atoms with Crippen molar-refractivity contribution >= 4 is 5.97 Å². The maximum absolute atomic E-state index is 12.6. The number of carbonyl (C=O) groups is 1. The highest BCUT2D eigenvalue weighted by molar-refractivity contribution is 5.81. The van der Waals surface area contributed by atoms with E-state index in [1.54, 1.807) is 12.1 Å². The van der Waals surface area contributed by atoms with Gasteiger partial charge in [-0.15, -0.1) is 0 Å². The largest absolute Gasteiger partial charge is 0.426 e. The maximum Gasteiger partial charge on any atom is 0.321 e. The second-order valence-corrected chi connectivity index (χ2v) is 5.69. The number of unbranched alkanes of at least 4 members (excludes halogenated alkanes) is 2. The van der Waals surface area contributed by atoms with Crippen LogP contribution in [0.4, 0.5) is 0 Å². The lowest BCUT2D eigenvalue weighted by molar-refractivity contribution is -0.139. The zero-order valence-electron chi connectivity index (χ0n) is 13.5. The summed E-state index contributed by atoms with van der Waals surface area (Å²) in [6, 6.07) is 18.3. The summed E-state index contributed by atoms with van der Waals surface area (Å²) in [5.74, 6) is -0.571. The van der Waals surface area contributed by atoms with Crippen LogP contribution >= 0.6 is 0 Å². The van der Waals surface area contributed by atoms with Gasteiger partial charge in [-0.2, -0.15) is 0 Å². The lowest BCUT2D eigenvalue weighted by atomic mass is 9.90. The van der Waals surface area contributed by atoms with Crippen LogP contribution < -0.4 is 4.74 Å². The van der Waals surface area contributed by atoms with E-state index in [4.69, 9.17) is 4.74 Å². The summed E-state index contributed by atoms with van der Waals surface area (Å²) >= 11 is 0. The number of hydrogen-bond donors (Lipinski definition) is 1. The number of aliphatic hydroxyl groups is 1. The quantitative estimate of drug-likeness (QED) is 0.448. The highest BCUT2D eigenvalue weighted by Gasteiger charge is 2.30. The van der Waals surface area contributed by atoms with Gasteiger partial charge in [-0.3, -0.25) is 4.79 Å². The molecule has 0 bridgehead atoms. The number of para-hydroxylation sites is 1. The molecule has 3 heteroatoms. The number of benzene rings is 2. The smallest absolute Gasteiger partial charge is 0.321 e. The molecule has 0 aliphatic heterocycles. The average molecular weight is 312 g/mol. The zero-order valence-corrected chi connectivity index (χ0v) is 13.5. The zero-order chi connectivity index (χ0) is 16.5. The Balaban J connectivity index is 2.14. The molecule has 0 spiro atoms. The van der Waals surface area contributed by atoms with Crippen molar-refractivity contribution < 1.29 is 14.6 Å². The Hall–Kier alpha value is -2.13. The number of hydrogen-bond acceptors (Lipinski definition) is 3. The van der Waals surface area contributed by atoms with E-state index >= 15 is 0 Å². The van der Waals surface area contributed by atoms with Crippen molar-refractivity contribution in [3.63, 3.8) is 0 Å². The molecule has 3 nitrogen and oxygen atoms in total. The van der Waals surface area contributed by atoms with Gasteiger partial charge in [0.25, 0.3) is 0 Å². The van der Waals surface area contributed by atoms with Gasteiger partial charge in [0.1, 0.15) is 11.7 Å². The fourth-order valence-corrected chi connectivity index (χ4v) is 2.61. The van der Waals surface area contributed by atoms with Crippen LogP contribution in [-0.2, 0) is 4.79 Å². The summed E-state index contributed by atoms with van der Waals surface area (Å²) in [6.45, 7) is 2.12. The Kier molecular flexibility index (Phi) is 6.82. The number of aliphatic hydroxyl groups excluding tert-OH is 1. The van der Waals surface area contributed by atoms with Crippen LogP contribution in [0.3, 0.4) is 0 Å². The Morgan fingerprint density at radius 3 is 2.22 bits per heavy atom. The topological polar surface area (TPSA) is 46.5 Å². The monoisotopic (exact) mass is 312 g/mol. The third kappa shape index (κ3) is 5.22. The van der Waals surface area contributed by atoms with E-state index in [9.17, 15) is 9.90 Å². The molecule has 2 atom stereocenters. The van der Waals surface area contributed by atoms with Crippen molar-refractivity contribution in [1.82, 2.24) is 0 Å². The van der Waals surface area contributed by atoms with E-state index in [0.29, 0.717) is 12.2 Å². The van der Waals surface area contributed by atoms with Crippen molar-refractivity contribution in [3.05, 3.63) is 66.2 Å². The minimum absolute atomic E-state index is 0.411. The summed E-state index contributed by atoms with van der Waals surface area (Å²) in [4.78, 5) is 12.6. The average Bonchev–Trinajstić information content (AvgIpc) is 2.57. The van der Waals surface area contributed by atoms with Crippen LogP contribution in [0.25, 0.3) is 0 Å². The first-order valence-electron chi connectivity index (χ1n) is 8.22. The molecular weight excluding hydrogens is 288 g/mol. The molecule has 0 fully saturated rings. The SMILES string of the molecule is CCCCCC(O)C(C(=O)Oc1ccccc1)c1ccccc1. The standard InChI is InChI=1S/C20H24O3/c1-2-3-6-15-18(21)19(16-11-7-4-8-12-16)20(22)23-17-13-9-5-10-14-17/h4-5,7-14,18-19,21H,2-3,6,15H2,1H3. The van der Waals surface area contributed by atoms with Gasteiger partial charge in [0.2, 0.25) is 0 Å². The van der Waals surface area contributed by atoms with Crippen LogP contribution in [0.1, 0.15) is 44.1 Å². The Morgan fingerprint density at radius 2 is 1.61 bits per heavy atom.